The number of ether oxygens (including phenoxy) is 1. The third-order valence-corrected chi connectivity index (χ3v) is 7.86. The summed E-state index contributed by atoms with van der Waals surface area (Å²) in [6, 6.07) is 16.8. The minimum atomic E-state index is -0.191. The van der Waals surface area contributed by atoms with Crippen LogP contribution in [0.2, 0.25) is 0 Å². The van der Waals surface area contributed by atoms with Crippen molar-refractivity contribution in [2.24, 2.45) is 0 Å². The van der Waals surface area contributed by atoms with Gasteiger partial charge in [0.1, 0.15) is 5.82 Å². The Morgan fingerprint density at radius 3 is 2.49 bits per heavy atom. The van der Waals surface area contributed by atoms with E-state index in [1.54, 1.807) is 6.20 Å². The third-order valence-electron chi connectivity index (χ3n) is 7.86. The van der Waals surface area contributed by atoms with E-state index >= 15 is 0 Å². The number of nitrogens with one attached hydrogen (secondary N) is 1. The van der Waals surface area contributed by atoms with Gasteiger partial charge in [-0.2, -0.15) is 0 Å². The molecule has 2 aromatic carbocycles. The molecular formula is C31H38N4O2. The van der Waals surface area contributed by atoms with Crippen LogP contribution < -0.4 is 11.1 Å². The van der Waals surface area contributed by atoms with Crippen molar-refractivity contribution in [1.29, 1.82) is 0 Å². The summed E-state index contributed by atoms with van der Waals surface area (Å²) < 4.78 is 6.25. The van der Waals surface area contributed by atoms with Crippen LogP contribution in [0, 0.1) is 13.8 Å². The Balaban J connectivity index is 1.22. The highest BCUT2D eigenvalue weighted by Crippen LogP contribution is 2.26. The standard InChI is InChI=1S/C31H38N4O2/c1-21-8-9-24(16-22(21)2)20-37-29-7-5-6-28(29)34-31(36)27-17-26(18-33-30(27)32)25-12-10-23(11-13-25)19-35-14-3-4-15-35/h8-13,16-18,28-29H,3-7,14-15,19-20H2,1-2H3,(H2,32,33)(H,34,36)/t28-,29-/m0/s1. The molecule has 1 amide bonds. The number of aryl methyl sites for hydroxylation is 2. The molecule has 1 saturated heterocycles. The van der Waals surface area contributed by atoms with Crippen molar-refractivity contribution < 1.29 is 9.53 Å². The topological polar surface area (TPSA) is 80.5 Å². The Labute approximate surface area is 220 Å². The number of anilines is 1. The summed E-state index contributed by atoms with van der Waals surface area (Å²) in [5.41, 5.74) is 13.5. The second-order valence-electron chi connectivity index (χ2n) is 10.6. The maximum Gasteiger partial charge on any atom is 0.255 e. The van der Waals surface area contributed by atoms with E-state index in [4.69, 9.17) is 10.5 Å². The zero-order valence-corrected chi connectivity index (χ0v) is 22.0. The maximum absolute atomic E-state index is 13.3. The molecule has 0 unspecified atom stereocenters. The van der Waals surface area contributed by atoms with Gasteiger partial charge in [-0.3, -0.25) is 9.69 Å². The number of rotatable bonds is 8. The summed E-state index contributed by atoms with van der Waals surface area (Å²) in [5, 5.41) is 3.18. The first-order valence-corrected chi connectivity index (χ1v) is 13.5. The number of nitrogen functional groups attached to an aromatic ring is 1. The molecule has 6 nitrogen and oxygen atoms in total. The number of nitrogens with zero attached hydrogens (tertiary/aromatic N) is 2. The molecule has 1 saturated carbocycles. The monoisotopic (exact) mass is 498 g/mol. The van der Waals surface area contributed by atoms with Gasteiger partial charge in [-0.15, -0.1) is 0 Å². The quantitative estimate of drug-likeness (QED) is 0.434. The van der Waals surface area contributed by atoms with E-state index in [2.05, 4.69) is 71.5 Å². The predicted molar refractivity (Wildman–Crippen MR) is 148 cm³/mol. The molecule has 0 radical (unpaired) electrons. The molecule has 3 N–H and O–H groups in total. The summed E-state index contributed by atoms with van der Waals surface area (Å²) in [6.07, 6.45) is 7.18. The highest BCUT2D eigenvalue weighted by atomic mass is 16.5. The summed E-state index contributed by atoms with van der Waals surface area (Å²) in [5.74, 6) is 0.0571. The highest BCUT2D eigenvalue weighted by molar-refractivity contribution is 5.99. The normalized spacial score (nSPS) is 19.8. The number of carbonyl (C=O) groups excluding carboxylic acids is 1. The molecular weight excluding hydrogens is 460 g/mol. The van der Waals surface area contributed by atoms with E-state index in [1.165, 1.54) is 42.6 Å². The van der Waals surface area contributed by atoms with Crippen LogP contribution in [0.25, 0.3) is 11.1 Å². The molecule has 2 heterocycles. The van der Waals surface area contributed by atoms with Gasteiger partial charge in [-0.1, -0.05) is 42.5 Å². The van der Waals surface area contributed by atoms with Gasteiger partial charge >= 0.3 is 0 Å². The van der Waals surface area contributed by atoms with Gasteiger partial charge in [0.2, 0.25) is 0 Å². The Morgan fingerprint density at radius 2 is 1.73 bits per heavy atom. The molecule has 1 aromatic heterocycles. The van der Waals surface area contributed by atoms with Crippen molar-refractivity contribution in [2.75, 3.05) is 18.8 Å². The van der Waals surface area contributed by atoms with Gasteiger partial charge < -0.3 is 15.8 Å². The van der Waals surface area contributed by atoms with Crippen molar-refractivity contribution in [3.63, 3.8) is 0 Å². The number of carbonyl (C=O) groups is 1. The molecule has 6 heteroatoms. The average Bonchev–Trinajstić information content (AvgIpc) is 3.57. The molecule has 2 atom stereocenters. The lowest BCUT2D eigenvalue weighted by Gasteiger charge is -2.22. The number of aromatic nitrogens is 1. The van der Waals surface area contributed by atoms with Crippen LogP contribution in [-0.2, 0) is 17.9 Å². The van der Waals surface area contributed by atoms with Crippen molar-refractivity contribution in [2.45, 2.75) is 71.2 Å². The van der Waals surface area contributed by atoms with E-state index in [1.807, 2.05) is 6.07 Å². The average molecular weight is 499 g/mol. The van der Waals surface area contributed by atoms with E-state index in [9.17, 15) is 4.79 Å². The van der Waals surface area contributed by atoms with Crippen LogP contribution >= 0.6 is 0 Å². The Kier molecular flexibility index (Phi) is 7.87. The van der Waals surface area contributed by atoms with Crippen LogP contribution in [0.5, 0.6) is 0 Å². The molecule has 1 aliphatic carbocycles. The third kappa shape index (κ3) is 6.20. The van der Waals surface area contributed by atoms with Crippen molar-refractivity contribution in [3.05, 3.63) is 82.5 Å². The molecule has 5 rings (SSSR count). The molecule has 37 heavy (non-hydrogen) atoms. The van der Waals surface area contributed by atoms with Gasteiger partial charge in [0.15, 0.2) is 0 Å². The largest absolute Gasteiger partial charge is 0.383 e. The van der Waals surface area contributed by atoms with E-state index in [0.29, 0.717) is 12.2 Å². The second-order valence-corrected chi connectivity index (χ2v) is 10.6. The van der Waals surface area contributed by atoms with Crippen LogP contribution in [0.1, 0.15) is 64.7 Å². The number of amides is 1. The smallest absolute Gasteiger partial charge is 0.255 e. The van der Waals surface area contributed by atoms with Crippen molar-refractivity contribution in [3.8, 4) is 11.1 Å². The van der Waals surface area contributed by atoms with Gasteiger partial charge in [-0.05, 0) is 92.9 Å². The summed E-state index contributed by atoms with van der Waals surface area (Å²) in [6.45, 7) is 8.13. The minimum absolute atomic E-state index is 0.00826. The molecule has 2 fully saturated rings. The van der Waals surface area contributed by atoms with Gasteiger partial charge in [-0.25, -0.2) is 4.98 Å². The summed E-state index contributed by atoms with van der Waals surface area (Å²) in [4.78, 5) is 20.1. The molecule has 3 aromatic rings. The second kappa shape index (κ2) is 11.4. The summed E-state index contributed by atoms with van der Waals surface area (Å²) in [7, 11) is 0. The zero-order chi connectivity index (χ0) is 25.8. The fourth-order valence-electron chi connectivity index (χ4n) is 5.45. The first kappa shape index (κ1) is 25.4. The van der Waals surface area contributed by atoms with E-state index in [0.717, 1.165) is 42.5 Å². The lowest BCUT2D eigenvalue weighted by molar-refractivity contribution is 0.0272. The number of benzene rings is 2. The number of likely N-dealkylation sites (tertiary alicyclic amines) is 1. The highest BCUT2D eigenvalue weighted by Gasteiger charge is 2.30. The predicted octanol–water partition coefficient (Wildman–Crippen LogP) is 5.41. The SMILES string of the molecule is Cc1ccc(CO[C@H]2CCC[C@@H]2NC(=O)c2cc(-c3ccc(CN4CCCC4)cc3)cnc2N)cc1C. The summed E-state index contributed by atoms with van der Waals surface area (Å²) >= 11 is 0. The Hall–Kier alpha value is -3.22. The molecule has 2 aliphatic rings. The molecule has 0 spiro atoms. The van der Waals surface area contributed by atoms with Crippen molar-refractivity contribution >= 4 is 11.7 Å². The lowest BCUT2D eigenvalue weighted by atomic mass is 10.0. The van der Waals surface area contributed by atoms with E-state index in [-0.39, 0.29) is 23.9 Å². The first-order valence-electron chi connectivity index (χ1n) is 13.5. The zero-order valence-electron chi connectivity index (χ0n) is 22.0. The van der Waals surface area contributed by atoms with Gasteiger partial charge in [0.05, 0.1) is 24.3 Å². The fraction of sp³-hybridized carbons (Fsp3) is 0.419. The fourth-order valence-corrected chi connectivity index (χ4v) is 5.45. The van der Waals surface area contributed by atoms with Gasteiger partial charge in [0, 0.05) is 18.3 Å². The van der Waals surface area contributed by atoms with Crippen molar-refractivity contribution in [1.82, 2.24) is 15.2 Å². The minimum Gasteiger partial charge on any atom is -0.383 e. The Bertz CT molecular complexity index is 1230. The van der Waals surface area contributed by atoms with Crippen LogP contribution in [0.15, 0.2) is 54.7 Å². The number of hydrogen-bond donors (Lipinski definition) is 2. The van der Waals surface area contributed by atoms with Crippen LogP contribution in [-0.4, -0.2) is 41.0 Å². The molecule has 1 aliphatic heterocycles. The number of pyridine rings is 1. The van der Waals surface area contributed by atoms with Crippen LogP contribution in [0.4, 0.5) is 5.82 Å². The molecule has 0 bridgehead atoms. The number of nitrogens with two attached hydrogens (primary N) is 1. The van der Waals surface area contributed by atoms with Gasteiger partial charge in [0.25, 0.3) is 5.91 Å². The van der Waals surface area contributed by atoms with Crippen LogP contribution in [0.3, 0.4) is 0 Å². The molecule has 194 valence electrons. The first-order chi connectivity index (χ1) is 18.0. The van der Waals surface area contributed by atoms with E-state index < -0.39 is 0 Å². The maximum atomic E-state index is 13.3. The Morgan fingerprint density at radius 1 is 0.973 bits per heavy atom. The lowest BCUT2D eigenvalue weighted by Crippen LogP contribution is -2.41. The number of hydrogen-bond acceptors (Lipinski definition) is 5.